The number of hydrogen-bond donors (Lipinski definition) is 3. The van der Waals surface area contributed by atoms with Crippen molar-refractivity contribution < 1.29 is 29.0 Å². The van der Waals surface area contributed by atoms with E-state index in [0.29, 0.717) is 45.4 Å². The van der Waals surface area contributed by atoms with Crippen LogP contribution >= 0.6 is 58.0 Å². The van der Waals surface area contributed by atoms with Crippen LogP contribution in [0.15, 0.2) is 194 Å². The molecule has 0 radical (unpaired) electrons. The molecule has 72 heavy (non-hydrogen) atoms. The van der Waals surface area contributed by atoms with E-state index < -0.39 is 22.4 Å². The van der Waals surface area contributed by atoms with E-state index in [2.05, 4.69) is 41.8 Å². The minimum atomic E-state index is -1.29. The molecule has 2 heterocycles. The topological polar surface area (TPSA) is 122 Å². The van der Waals surface area contributed by atoms with E-state index >= 15 is 0 Å². The van der Waals surface area contributed by atoms with Crippen molar-refractivity contribution in [1.82, 2.24) is 0 Å². The minimum Gasteiger partial charge on any atom is -0.478 e. The molecule has 0 bridgehead atoms. The van der Waals surface area contributed by atoms with Crippen LogP contribution in [0, 0.1) is 13.8 Å². The van der Waals surface area contributed by atoms with E-state index in [9.17, 15) is 19.2 Å². The number of aryl methyl sites for hydroxylation is 2. The van der Waals surface area contributed by atoms with E-state index in [-0.39, 0.29) is 22.7 Å². The number of amides is 2. The molecule has 2 aliphatic heterocycles. The van der Waals surface area contributed by atoms with Gasteiger partial charge in [0.05, 0.1) is 29.3 Å². The molecule has 3 N–H and O–H groups in total. The fraction of sp³-hybridized carbons (Fsp3) is 0.119. The number of benzene rings is 8. The molecule has 0 saturated carbocycles. The Morgan fingerprint density at radius 2 is 0.917 bits per heavy atom. The summed E-state index contributed by atoms with van der Waals surface area (Å²) in [5, 5.41) is 15.4. The third-order valence-corrected chi connectivity index (χ3v) is 13.3. The van der Waals surface area contributed by atoms with Crippen LogP contribution in [-0.2, 0) is 37.6 Å². The molecule has 0 spiro atoms. The molecule has 2 aliphatic rings. The highest BCUT2D eigenvalue weighted by molar-refractivity contribution is 6.40. The number of carbonyl (C=O) groups is 4. The summed E-state index contributed by atoms with van der Waals surface area (Å²) >= 11 is 29.9. The zero-order chi connectivity index (χ0) is 51.4. The van der Waals surface area contributed by atoms with Crippen molar-refractivity contribution in [3.63, 3.8) is 0 Å². The highest BCUT2D eigenvalue weighted by Crippen LogP contribution is 2.46. The smallest absolute Gasteiger partial charge is 0.339 e. The molecule has 0 aliphatic carbocycles. The maximum Gasteiger partial charge on any atom is 0.339 e. The maximum absolute atomic E-state index is 13.7. The number of aromatic carboxylic acids is 1. The quantitative estimate of drug-likeness (QED) is 0.0752. The van der Waals surface area contributed by atoms with Gasteiger partial charge in [0.15, 0.2) is 5.60 Å². The number of esters is 1. The molecule has 8 nitrogen and oxygen atoms in total. The highest BCUT2D eigenvalue weighted by atomic mass is 35.5. The first-order valence-corrected chi connectivity index (χ1v) is 24.8. The number of fused-ring (bicyclic) bond motifs is 2. The molecule has 364 valence electrons. The lowest BCUT2D eigenvalue weighted by atomic mass is 9.79. The van der Waals surface area contributed by atoms with Crippen molar-refractivity contribution in [1.29, 1.82) is 0 Å². The van der Waals surface area contributed by atoms with Crippen molar-refractivity contribution in [3.05, 3.63) is 271 Å². The van der Waals surface area contributed by atoms with E-state index in [0.717, 1.165) is 44.5 Å². The number of alkyl halides is 3. The van der Waals surface area contributed by atoms with Crippen LogP contribution in [0.3, 0.4) is 0 Å². The van der Waals surface area contributed by atoms with Crippen LogP contribution in [-0.4, -0.2) is 34.2 Å². The van der Waals surface area contributed by atoms with Crippen molar-refractivity contribution >= 4 is 93.1 Å². The number of carboxylic acid groups (broad SMARTS) is 1. The van der Waals surface area contributed by atoms with Gasteiger partial charge in [-0.05, 0) is 72.5 Å². The first-order valence-electron chi connectivity index (χ1n) is 22.6. The molecule has 2 amide bonds. The zero-order valence-corrected chi connectivity index (χ0v) is 42.8. The van der Waals surface area contributed by atoms with Crippen LogP contribution in [0.5, 0.6) is 0 Å². The minimum absolute atomic E-state index is 0.0856. The van der Waals surface area contributed by atoms with Crippen LogP contribution in [0.2, 0.25) is 10.0 Å². The van der Waals surface area contributed by atoms with Gasteiger partial charge in [-0.1, -0.05) is 192 Å². The van der Waals surface area contributed by atoms with Gasteiger partial charge in [-0.25, -0.2) is 9.59 Å². The number of halogens is 5. The first-order chi connectivity index (χ1) is 34.7. The van der Waals surface area contributed by atoms with E-state index in [1.54, 1.807) is 30.3 Å². The lowest BCUT2D eigenvalue weighted by molar-refractivity contribution is -0.115. The summed E-state index contributed by atoms with van der Waals surface area (Å²) in [6.45, 7) is 4.08. The Morgan fingerprint density at radius 1 is 0.528 bits per heavy atom. The van der Waals surface area contributed by atoms with Gasteiger partial charge in [0.1, 0.15) is 4.87 Å². The van der Waals surface area contributed by atoms with Gasteiger partial charge >= 0.3 is 11.9 Å². The summed E-state index contributed by atoms with van der Waals surface area (Å²) in [7, 11) is 0. The normalized spacial score (nSPS) is 13.5. The Kier molecular flexibility index (Phi) is 17.6. The average Bonchev–Trinajstić information content (AvgIpc) is 3.97. The summed E-state index contributed by atoms with van der Waals surface area (Å²) in [5.41, 5.74) is 9.65. The number of anilines is 2. The summed E-state index contributed by atoms with van der Waals surface area (Å²) < 4.78 is 6.45. The van der Waals surface area contributed by atoms with Gasteiger partial charge in [-0.2, -0.15) is 0 Å². The lowest BCUT2D eigenvalue weighted by Gasteiger charge is -2.36. The Bertz CT molecular complexity index is 3210. The molecular formula is C59H47Cl5N2O6. The van der Waals surface area contributed by atoms with Crippen LogP contribution < -0.4 is 10.6 Å². The molecular weight excluding hydrogens is 1010 g/mol. The van der Waals surface area contributed by atoms with Crippen LogP contribution in [0.25, 0.3) is 0 Å². The highest BCUT2D eigenvalue weighted by Gasteiger charge is 2.43. The largest absolute Gasteiger partial charge is 0.478 e. The van der Waals surface area contributed by atoms with Gasteiger partial charge in [-0.3, -0.25) is 9.59 Å². The number of nitrogens with one attached hydrogen (secondary N) is 2. The van der Waals surface area contributed by atoms with E-state index in [1.165, 1.54) is 17.7 Å². The first kappa shape index (κ1) is 52.9. The number of ether oxygens (including phenoxy) is 1. The second kappa shape index (κ2) is 24.0. The summed E-state index contributed by atoms with van der Waals surface area (Å²) in [6, 6.07) is 60.8. The molecule has 8 aromatic rings. The third-order valence-electron chi connectivity index (χ3n) is 12.0. The maximum atomic E-state index is 13.7. The molecule has 0 aromatic heterocycles. The Balaban J connectivity index is 0.000000170. The van der Waals surface area contributed by atoms with Crippen molar-refractivity contribution in [2.45, 2.75) is 37.2 Å². The molecule has 2 unspecified atom stereocenters. The molecule has 10 rings (SSSR count). The van der Waals surface area contributed by atoms with Crippen molar-refractivity contribution in [3.8, 4) is 0 Å². The SMILES string of the molecule is Cc1ccc(C(Cl)(c2ccccc2)c2ccccc2Cl)cc1.Cc1ccc(C(OC(=O)c2ccc3c(c2)NC(=O)C3)(c2ccccc2)c2ccccc2Cl)cc1.ClCCl.O=C1Cc2ccc(C(=O)O)cc2N1. The predicted octanol–water partition coefficient (Wildman–Crippen LogP) is 14.8. The van der Waals surface area contributed by atoms with E-state index in [1.807, 2.05) is 134 Å². The molecule has 2 atom stereocenters. The van der Waals surface area contributed by atoms with Crippen LogP contribution in [0.1, 0.15) is 76.4 Å². The number of carbonyl (C=O) groups excluding carboxylic acids is 3. The van der Waals surface area contributed by atoms with Crippen LogP contribution in [0.4, 0.5) is 11.4 Å². The third kappa shape index (κ3) is 12.0. The molecule has 0 fully saturated rings. The van der Waals surface area contributed by atoms with Gasteiger partial charge in [-0.15, -0.1) is 34.8 Å². The summed E-state index contributed by atoms with van der Waals surface area (Å²) in [6.07, 6.45) is 0.650. The second-order valence-corrected chi connectivity index (χ2v) is 18.9. The summed E-state index contributed by atoms with van der Waals surface area (Å²) in [4.78, 5) is 46.1. The number of carboxylic acids is 1. The Morgan fingerprint density at radius 3 is 1.40 bits per heavy atom. The fourth-order valence-electron chi connectivity index (χ4n) is 8.41. The van der Waals surface area contributed by atoms with Crippen molar-refractivity contribution in [2.24, 2.45) is 0 Å². The molecule has 8 aromatic carbocycles. The van der Waals surface area contributed by atoms with Gasteiger partial charge in [0.25, 0.3) is 0 Å². The monoisotopic (exact) mass is 1050 g/mol. The van der Waals surface area contributed by atoms with Crippen molar-refractivity contribution in [2.75, 3.05) is 16.0 Å². The average molecular weight is 1060 g/mol. The van der Waals surface area contributed by atoms with Gasteiger partial charge in [0, 0.05) is 43.7 Å². The molecule has 0 saturated heterocycles. The molecule has 13 heteroatoms. The standard InChI is InChI=1S/C29H22ClNO3.C20H16Cl2.C9H7NO3.CH2Cl2/c1-19-11-15-23(16-12-19)29(22-7-3-2-4-8-22,24-9-5-6-10-25(24)30)34-28(33)21-14-13-20-18-27(32)31-26(20)17-21;1-15-11-13-17(14-12-15)20(22,16-7-3-2-4-8-16)18-9-5-6-10-19(18)21;11-8-4-5-1-2-6(9(12)13)3-7(5)10-8;2-1-3/h2-17H,18H2,1H3,(H,31,32);2-14H,1H3;1-3H,4H2,(H,10,11)(H,12,13);1H2. The Hall–Kier alpha value is -6.91. The van der Waals surface area contributed by atoms with E-state index in [4.69, 9.17) is 67.8 Å². The van der Waals surface area contributed by atoms with Gasteiger partial charge < -0.3 is 20.5 Å². The second-order valence-electron chi connectivity index (χ2n) is 16.8. The fourth-order valence-corrected chi connectivity index (χ4v) is 9.43. The van der Waals surface area contributed by atoms with Gasteiger partial charge in [0.2, 0.25) is 11.8 Å². The number of hydrogen-bond acceptors (Lipinski definition) is 5. The Labute approximate surface area is 443 Å². The predicted molar refractivity (Wildman–Crippen MR) is 290 cm³/mol. The number of rotatable bonds is 9. The lowest BCUT2D eigenvalue weighted by Crippen LogP contribution is -2.35. The summed E-state index contributed by atoms with van der Waals surface area (Å²) in [5.74, 6) is -1.68. The zero-order valence-electron chi connectivity index (χ0n) is 39.0.